The molecule has 3 rings (SSSR count). The van der Waals surface area contributed by atoms with Crippen molar-refractivity contribution in [2.24, 2.45) is 0 Å². The molecule has 1 amide bonds. The van der Waals surface area contributed by atoms with Crippen molar-refractivity contribution in [1.29, 1.82) is 0 Å². The predicted octanol–water partition coefficient (Wildman–Crippen LogP) is 2.49. The number of fused-ring (bicyclic) bond motifs is 1. The van der Waals surface area contributed by atoms with Crippen LogP contribution in [0.1, 0.15) is 6.92 Å². The van der Waals surface area contributed by atoms with Gasteiger partial charge in [-0.1, -0.05) is 0 Å². The number of nitro groups is 1. The minimum Gasteiger partial charge on any atom is -0.337 e. The highest BCUT2D eigenvalue weighted by Crippen LogP contribution is 2.28. The molecule has 0 spiro atoms. The molecule has 8 heteroatoms. The number of hydrogen-bond donors (Lipinski definition) is 2. The van der Waals surface area contributed by atoms with Crippen molar-refractivity contribution in [1.82, 2.24) is 15.0 Å². The maximum atomic E-state index is 11.2. The summed E-state index contributed by atoms with van der Waals surface area (Å²) >= 11 is 0. The monoisotopic (exact) mass is 297 g/mol. The number of non-ortho nitro benzene ring substituents is 1. The number of anilines is 1. The van der Waals surface area contributed by atoms with E-state index >= 15 is 0 Å². The van der Waals surface area contributed by atoms with Gasteiger partial charge in [0.25, 0.3) is 5.69 Å². The zero-order chi connectivity index (χ0) is 15.7. The van der Waals surface area contributed by atoms with Crippen molar-refractivity contribution in [3.63, 3.8) is 0 Å². The number of aromatic amines is 1. The molecule has 0 unspecified atom stereocenters. The third-order valence-electron chi connectivity index (χ3n) is 2.98. The van der Waals surface area contributed by atoms with Crippen molar-refractivity contribution in [3.05, 3.63) is 46.6 Å². The number of nitro benzene ring substituents is 1. The van der Waals surface area contributed by atoms with Crippen LogP contribution >= 0.6 is 0 Å². The second-order valence-electron chi connectivity index (χ2n) is 4.67. The highest BCUT2D eigenvalue weighted by atomic mass is 16.6. The summed E-state index contributed by atoms with van der Waals surface area (Å²) in [6.45, 7) is 1.34. The zero-order valence-corrected chi connectivity index (χ0v) is 11.5. The van der Waals surface area contributed by atoms with Gasteiger partial charge >= 0.3 is 0 Å². The second-order valence-corrected chi connectivity index (χ2v) is 4.67. The third-order valence-corrected chi connectivity index (χ3v) is 2.98. The number of nitrogens with zero attached hydrogens (tertiary/aromatic N) is 3. The van der Waals surface area contributed by atoms with E-state index in [1.54, 1.807) is 18.3 Å². The lowest BCUT2D eigenvalue weighted by atomic mass is 10.1. The zero-order valence-electron chi connectivity index (χ0n) is 11.5. The van der Waals surface area contributed by atoms with E-state index in [4.69, 9.17) is 0 Å². The van der Waals surface area contributed by atoms with Gasteiger partial charge in [-0.2, -0.15) is 0 Å². The van der Waals surface area contributed by atoms with E-state index in [1.165, 1.54) is 19.1 Å². The lowest BCUT2D eigenvalue weighted by Crippen LogP contribution is -2.06. The smallest absolute Gasteiger partial charge is 0.272 e. The number of hydrogen-bond acceptors (Lipinski definition) is 5. The molecule has 0 bridgehead atoms. The van der Waals surface area contributed by atoms with Crippen molar-refractivity contribution >= 4 is 28.4 Å². The van der Waals surface area contributed by atoms with Crippen LogP contribution in [0.5, 0.6) is 0 Å². The molecule has 0 saturated carbocycles. The van der Waals surface area contributed by atoms with Crippen LogP contribution in [-0.2, 0) is 4.79 Å². The van der Waals surface area contributed by atoms with E-state index in [2.05, 4.69) is 20.3 Å². The fourth-order valence-corrected chi connectivity index (χ4v) is 2.11. The van der Waals surface area contributed by atoms with Gasteiger partial charge in [0, 0.05) is 36.5 Å². The average Bonchev–Trinajstić information content (AvgIpc) is 2.90. The van der Waals surface area contributed by atoms with Gasteiger partial charge in [0.15, 0.2) is 5.65 Å². The Bertz CT molecular complexity index is 854. The van der Waals surface area contributed by atoms with E-state index in [1.807, 2.05) is 6.07 Å². The summed E-state index contributed by atoms with van der Waals surface area (Å²) in [6.07, 6.45) is 1.61. The minimum atomic E-state index is -0.518. The van der Waals surface area contributed by atoms with Gasteiger partial charge < -0.3 is 10.3 Å². The highest BCUT2D eigenvalue weighted by molar-refractivity contribution is 5.90. The van der Waals surface area contributed by atoms with Crippen LogP contribution in [-0.4, -0.2) is 25.8 Å². The van der Waals surface area contributed by atoms with E-state index in [9.17, 15) is 14.9 Å². The Morgan fingerprint density at radius 1 is 1.36 bits per heavy atom. The first kappa shape index (κ1) is 13.7. The molecule has 0 atom stereocenters. The number of carbonyl (C=O) groups is 1. The van der Waals surface area contributed by atoms with E-state index < -0.39 is 4.92 Å². The number of H-pyrrole nitrogens is 1. The number of pyridine rings is 1. The quantitative estimate of drug-likeness (QED) is 0.569. The van der Waals surface area contributed by atoms with Crippen molar-refractivity contribution in [2.75, 3.05) is 5.32 Å². The maximum absolute atomic E-state index is 11.2. The SMILES string of the molecule is CC(=O)Nc1cc(-c2nc3ncccc3[nH]2)cc([N+](=O)[O-])c1. The number of amides is 1. The fraction of sp³-hybridized carbons (Fsp3) is 0.0714. The molecule has 2 N–H and O–H groups in total. The number of benzene rings is 1. The number of aromatic nitrogens is 3. The van der Waals surface area contributed by atoms with Crippen LogP contribution < -0.4 is 5.32 Å². The van der Waals surface area contributed by atoms with Crippen LogP contribution in [0.2, 0.25) is 0 Å². The van der Waals surface area contributed by atoms with Gasteiger partial charge in [-0.25, -0.2) is 9.97 Å². The highest BCUT2D eigenvalue weighted by Gasteiger charge is 2.14. The molecule has 8 nitrogen and oxygen atoms in total. The summed E-state index contributed by atoms with van der Waals surface area (Å²) < 4.78 is 0. The average molecular weight is 297 g/mol. The number of imidazole rings is 1. The van der Waals surface area contributed by atoms with Crippen molar-refractivity contribution in [2.45, 2.75) is 6.92 Å². The van der Waals surface area contributed by atoms with Gasteiger partial charge in [-0.15, -0.1) is 0 Å². The first-order chi connectivity index (χ1) is 10.5. The van der Waals surface area contributed by atoms with Crippen LogP contribution in [0.25, 0.3) is 22.6 Å². The number of rotatable bonds is 3. The largest absolute Gasteiger partial charge is 0.337 e. The number of nitrogens with one attached hydrogen (secondary N) is 2. The minimum absolute atomic E-state index is 0.130. The van der Waals surface area contributed by atoms with Gasteiger partial charge in [-0.3, -0.25) is 14.9 Å². The lowest BCUT2D eigenvalue weighted by Gasteiger charge is -2.04. The van der Waals surface area contributed by atoms with Crippen LogP contribution in [0.3, 0.4) is 0 Å². The molecule has 2 heterocycles. The standard InChI is InChI=1S/C14H11N5O3/c1-8(20)16-10-5-9(6-11(7-10)19(21)22)13-17-12-3-2-4-15-14(12)18-13/h2-7H,1H3,(H,16,20)(H,15,17,18). The molecular weight excluding hydrogens is 286 g/mol. The molecule has 3 aromatic rings. The molecule has 0 saturated heterocycles. The molecule has 0 aliphatic rings. The first-order valence-corrected chi connectivity index (χ1v) is 6.41. The Balaban J connectivity index is 2.13. The topological polar surface area (TPSA) is 114 Å². The molecule has 1 aromatic carbocycles. The first-order valence-electron chi connectivity index (χ1n) is 6.41. The third kappa shape index (κ3) is 2.62. The number of carbonyl (C=O) groups excluding carboxylic acids is 1. The molecular formula is C14H11N5O3. The Morgan fingerprint density at radius 2 is 2.18 bits per heavy atom. The van der Waals surface area contributed by atoms with E-state index in [-0.39, 0.29) is 11.6 Å². The summed E-state index contributed by atoms with van der Waals surface area (Å²) in [5.74, 6) is 0.140. The van der Waals surface area contributed by atoms with Crippen LogP contribution in [0.4, 0.5) is 11.4 Å². The second kappa shape index (κ2) is 5.24. The molecule has 22 heavy (non-hydrogen) atoms. The normalized spacial score (nSPS) is 10.6. The summed E-state index contributed by atoms with van der Waals surface area (Å²) in [5, 5.41) is 13.6. The van der Waals surface area contributed by atoms with E-state index in [0.717, 1.165) is 5.52 Å². The van der Waals surface area contributed by atoms with Crippen molar-refractivity contribution in [3.8, 4) is 11.4 Å². The summed E-state index contributed by atoms with van der Waals surface area (Å²) in [5.41, 5.74) is 1.95. The Kier molecular flexibility index (Phi) is 3.26. The Labute approximate surface area is 124 Å². The molecule has 0 aliphatic heterocycles. The van der Waals surface area contributed by atoms with Gasteiger partial charge in [0.1, 0.15) is 5.82 Å². The van der Waals surface area contributed by atoms with Gasteiger partial charge in [0.2, 0.25) is 5.91 Å². The van der Waals surface area contributed by atoms with Crippen LogP contribution in [0.15, 0.2) is 36.5 Å². The summed E-state index contributed by atoms with van der Waals surface area (Å²) in [4.78, 5) is 33.2. The van der Waals surface area contributed by atoms with Gasteiger partial charge in [-0.05, 0) is 18.2 Å². The van der Waals surface area contributed by atoms with Crippen LogP contribution in [0, 0.1) is 10.1 Å². The molecule has 0 fully saturated rings. The molecule has 0 radical (unpaired) electrons. The Hall–Kier alpha value is -3.29. The van der Waals surface area contributed by atoms with E-state index in [0.29, 0.717) is 22.7 Å². The Morgan fingerprint density at radius 3 is 2.86 bits per heavy atom. The summed E-state index contributed by atoms with van der Waals surface area (Å²) in [7, 11) is 0. The molecule has 110 valence electrons. The fourth-order valence-electron chi connectivity index (χ4n) is 2.11. The molecule has 2 aromatic heterocycles. The molecule has 0 aliphatic carbocycles. The summed E-state index contributed by atoms with van der Waals surface area (Å²) in [6, 6.07) is 7.88. The maximum Gasteiger partial charge on any atom is 0.272 e. The predicted molar refractivity (Wildman–Crippen MR) is 80.3 cm³/mol. The lowest BCUT2D eigenvalue weighted by molar-refractivity contribution is -0.384. The van der Waals surface area contributed by atoms with Gasteiger partial charge in [0.05, 0.1) is 10.4 Å². The van der Waals surface area contributed by atoms with Crippen molar-refractivity contribution < 1.29 is 9.72 Å².